The summed E-state index contributed by atoms with van der Waals surface area (Å²) in [5.74, 6) is -3.45. The molecule has 5 rings (SSSR count). The van der Waals surface area contributed by atoms with Crippen LogP contribution >= 0.6 is 0 Å². The van der Waals surface area contributed by atoms with Gasteiger partial charge in [0.05, 0.1) is 22.3 Å². The van der Waals surface area contributed by atoms with Crippen LogP contribution in [0.1, 0.15) is 41.4 Å². The van der Waals surface area contributed by atoms with E-state index in [1.165, 1.54) is 48.5 Å². The van der Waals surface area contributed by atoms with E-state index in [-0.39, 0.29) is 22.3 Å². The summed E-state index contributed by atoms with van der Waals surface area (Å²) in [7, 11) is 0. The van der Waals surface area contributed by atoms with E-state index >= 15 is 4.39 Å². The zero-order valence-electron chi connectivity index (χ0n) is 23.2. The predicted molar refractivity (Wildman–Crippen MR) is 153 cm³/mol. The largest absolute Gasteiger partial charge is 0.459 e. The normalized spacial score (nSPS) is 21.0. The van der Waals surface area contributed by atoms with Gasteiger partial charge in [0.25, 0.3) is 0 Å². The van der Waals surface area contributed by atoms with Gasteiger partial charge in [-0.3, -0.25) is 0 Å². The van der Waals surface area contributed by atoms with Gasteiger partial charge in [-0.05, 0) is 48.5 Å². The molecular formula is C34H27FO9. The number of ether oxygens (including phenoxy) is 5. The second-order valence-corrected chi connectivity index (χ2v) is 9.70. The van der Waals surface area contributed by atoms with Gasteiger partial charge in [-0.1, -0.05) is 72.8 Å². The van der Waals surface area contributed by atoms with Gasteiger partial charge in [0.15, 0.2) is 12.3 Å². The molecule has 0 radical (unpaired) electrons. The monoisotopic (exact) mass is 598 g/mol. The molecule has 3 unspecified atom stereocenters. The number of halogens is 1. The van der Waals surface area contributed by atoms with Crippen LogP contribution in [0.4, 0.5) is 4.39 Å². The van der Waals surface area contributed by atoms with Crippen LogP contribution < -0.4 is 0 Å². The van der Waals surface area contributed by atoms with Gasteiger partial charge in [-0.15, -0.1) is 0 Å². The molecule has 0 aromatic heterocycles. The zero-order chi connectivity index (χ0) is 30.9. The second kappa shape index (κ2) is 14.2. The van der Waals surface area contributed by atoms with E-state index in [2.05, 4.69) is 0 Å². The van der Waals surface area contributed by atoms with Crippen LogP contribution in [-0.2, 0) is 23.7 Å². The third-order valence-corrected chi connectivity index (χ3v) is 6.70. The van der Waals surface area contributed by atoms with Crippen molar-refractivity contribution in [1.29, 1.82) is 0 Å². The Hall–Kier alpha value is -5.35. The molecule has 0 spiro atoms. The molecule has 4 aromatic carbocycles. The van der Waals surface area contributed by atoms with Crippen LogP contribution in [0.2, 0.25) is 0 Å². The highest BCUT2D eigenvalue weighted by molar-refractivity contribution is 5.91. The first kappa shape index (κ1) is 30.1. The molecular weight excluding hydrogens is 571 g/mol. The Morgan fingerprint density at radius 2 is 0.886 bits per heavy atom. The van der Waals surface area contributed by atoms with Gasteiger partial charge in [0, 0.05) is 0 Å². The summed E-state index contributed by atoms with van der Waals surface area (Å²) in [6.07, 6.45) is -9.06. The summed E-state index contributed by atoms with van der Waals surface area (Å²) < 4.78 is 44.1. The number of hydrogen-bond donors (Lipinski definition) is 0. The molecule has 0 saturated carbocycles. The van der Waals surface area contributed by atoms with E-state index < -0.39 is 61.3 Å². The van der Waals surface area contributed by atoms with Crippen molar-refractivity contribution in [2.24, 2.45) is 0 Å². The van der Waals surface area contributed by atoms with Crippen LogP contribution in [0.3, 0.4) is 0 Å². The van der Waals surface area contributed by atoms with Gasteiger partial charge in [0.2, 0.25) is 12.4 Å². The Morgan fingerprint density at radius 3 is 1.32 bits per heavy atom. The number of alkyl halides is 1. The molecule has 0 aliphatic carbocycles. The third kappa shape index (κ3) is 7.34. The molecule has 0 bridgehead atoms. The lowest BCUT2D eigenvalue weighted by Gasteiger charge is -2.41. The number of esters is 4. The first-order chi connectivity index (χ1) is 21.4. The number of carbonyl (C=O) groups excluding carboxylic acids is 4. The molecule has 9 nitrogen and oxygen atoms in total. The first-order valence-electron chi connectivity index (χ1n) is 13.7. The van der Waals surface area contributed by atoms with Crippen LogP contribution in [0.25, 0.3) is 0 Å². The predicted octanol–water partition coefficient (Wildman–Crippen LogP) is 5.21. The van der Waals surface area contributed by atoms with Crippen LogP contribution in [0.5, 0.6) is 0 Å². The molecule has 1 saturated heterocycles. The van der Waals surface area contributed by atoms with Crippen molar-refractivity contribution in [2.75, 3.05) is 6.61 Å². The van der Waals surface area contributed by atoms with Crippen LogP contribution in [0.15, 0.2) is 121 Å². The molecule has 10 heteroatoms. The minimum absolute atomic E-state index is 0.101. The maximum Gasteiger partial charge on any atom is 0.340 e. The summed E-state index contributed by atoms with van der Waals surface area (Å²) in [5.41, 5.74) is 0.566. The van der Waals surface area contributed by atoms with Crippen LogP contribution in [-0.4, -0.2) is 61.3 Å². The quantitative estimate of drug-likeness (QED) is 0.189. The summed E-state index contributed by atoms with van der Waals surface area (Å²) in [5, 5.41) is 0. The molecule has 44 heavy (non-hydrogen) atoms. The van der Waals surface area contributed by atoms with Crippen molar-refractivity contribution in [1.82, 2.24) is 0 Å². The fourth-order valence-electron chi connectivity index (χ4n) is 4.45. The Balaban J connectivity index is 1.46. The van der Waals surface area contributed by atoms with E-state index in [1.54, 1.807) is 72.8 Å². The van der Waals surface area contributed by atoms with Crippen molar-refractivity contribution in [3.8, 4) is 0 Å². The molecule has 1 aliphatic rings. The van der Waals surface area contributed by atoms with Crippen molar-refractivity contribution in [2.45, 2.75) is 30.8 Å². The van der Waals surface area contributed by atoms with E-state index in [9.17, 15) is 19.2 Å². The molecule has 224 valence electrons. The summed E-state index contributed by atoms with van der Waals surface area (Å²) in [4.78, 5) is 51.9. The number of benzene rings is 4. The minimum atomic E-state index is -2.17. The Morgan fingerprint density at radius 1 is 0.523 bits per heavy atom. The maximum absolute atomic E-state index is 16.3. The van der Waals surface area contributed by atoms with Gasteiger partial charge in [0.1, 0.15) is 12.7 Å². The topological polar surface area (TPSA) is 114 Å². The number of carbonyl (C=O) groups is 4. The van der Waals surface area contributed by atoms with E-state index in [0.29, 0.717) is 0 Å². The van der Waals surface area contributed by atoms with Gasteiger partial charge < -0.3 is 23.7 Å². The average molecular weight is 599 g/mol. The molecule has 0 N–H and O–H groups in total. The summed E-state index contributed by atoms with van der Waals surface area (Å²) in [6.45, 7) is -0.632. The lowest BCUT2D eigenvalue weighted by atomic mass is 9.99. The lowest BCUT2D eigenvalue weighted by Crippen LogP contribution is -2.61. The van der Waals surface area contributed by atoms with E-state index in [4.69, 9.17) is 23.7 Å². The SMILES string of the molecule is O=C(OCC1OC(OC(=O)c2ccccc2)[C@H](OC(=O)c2ccccc2)C(OC(=O)c2ccccc2)[C@@H]1F)c1ccccc1. The van der Waals surface area contributed by atoms with Gasteiger partial charge in [-0.25, -0.2) is 23.6 Å². The fourth-order valence-corrected chi connectivity index (χ4v) is 4.45. The highest BCUT2D eigenvalue weighted by Crippen LogP contribution is 2.31. The third-order valence-electron chi connectivity index (χ3n) is 6.70. The second-order valence-electron chi connectivity index (χ2n) is 9.70. The highest BCUT2D eigenvalue weighted by atomic mass is 19.1. The molecule has 1 fully saturated rings. The van der Waals surface area contributed by atoms with E-state index in [0.717, 1.165) is 0 Å². The smallest absolute Gasteiger partial charge is 0.340 e. The van der Waals surface area contributed by atoms with Crippen molar-refractivity contribution in [3.63, 3.8) is 0 Å². The summed E-state index contributed by atoms with van der Waals surface area (Å²) >= 11 is 0. The highest BCUT2D eigenvalue weighted by Gasteiger charge is 2.53. The zero-order valence-corrected chi connectivity index (χ0v) is 23.2. The van der Waals surface area contributed by atoms with Crippen molar-refractivity contribution >= 4 is 23.9 Å². The van der Waals surface area contributed by atoms with E-state index in [1.807, 2.05) is 0 Å². The standard InChI is InChI=1S/C34H27FO9/c35-27-26(21-40-30(36)22-13-5-1-6-14-22)41-34(44-33(39)25-19-11-4-12-20-25)29(43-32(38)24-17-9-3-10-18-24)28(27)42-31(37)23-15-7-2-8-16-23/h1-20,26-29,34H,21H2/t26?,27-,28?,29-,34?/m1/s1. The maximum atomic E-state index is 16.3. The number of rotatable bonds is 9. The molecule has 0 amide bonds. The van der Waals surface area contributed by atoms with Gasteiger partial charge >= 0.3 is 23.9 Å². The number of hydrogen-bond acceptors (Lipinski definition) is 9. The Kier molecular flexibility index (Phi) is 9.73. The Labute approximate surface area is 252 Å². The molecule has 4 aromatic rings. The average Bonchev–Trinajstić information content (AvgIpc) is 3.08. The molecule has 1 heterocycles. The first-order valence-corrected chi connectivity index (χ1v) is 13.7. The van der Waals surface area contributed by atoms with Crippen LogP contribution in [0, 0.1) is 0 Å². The minimum Gasteiger partial charge on any atom is -0.459 e. The van der Waals surface area contributed by atoms with Crippen molar-refractivity contribution < 1.29 is 47.3 Å². The lowest BCUT2D eigenvalue weighted by molar-refractivity contribution is -0.272. The van der Waals surface area contributed by atoms with Gasteiger partial charge in [-0.2, -0.15) is 0 Å². The van der Waals surface area contributed by atoms with Crippen molar-refractivity contribution in [3.05, 3.63) is 144 Å². The Bertz CT molecular complexity index is 1570. The fraction of sp³-hybridized carbons (Fsp3) is 0.176. The molecule has 5 atom stereocenters. The molecule has 1 aliphatic heterocycles. The summed E-state index contributed by atoms with van der Waals surface area (Å²) in [6, 6.07) is 31.5.